The number of aromatic nitrogens is 1. The molecule has 0 N–H and O–H groups in total. The van der Waals surface area contributed by atoms with Crippen molar-refractivity contribution in [2.45, 2.75) is 6.92 Å². The first-order valence-electron chi connectivity index (χ1n) is 8.09. The summed E-state index contributed by atoms with van der Waals surface area (Å²) in [5, 5.41) is 2.61. The van der Waals surface area contributed by atoms with Gasteiger partial charge in [-0.2, -0.15) is 0 Å². The average Bonchev–Trinajstić information content (AvgIpc) is 2.95. The molecule has 0 unspecified atom stereocenters. The van der Waals surface area contributed by atoms with Gasteiger partial charge in [-0.05, 0) is 37.3 Å². The summed E-state index contributed by atoms with van der Waals surface area (Å²) in [5.74, 6) is 0. The molecule has 0 aliphatic carbocycles. The lowest BCUT2D eigenvalue weighted by molar-refractivity contribution is 0.969. The predicted octanol–water partition coefficient (Wildman–Crippen LogP) is 5.24. The van der Waals surface area contributed by atoms with Crippen molar-refractivity contribution in [2.75, 3.05) is 18.5 Å². The average molecular weight is 300 g/mol. The molecule has 4 rings (SSSR count). The molecular weight excluding hydrogens is 280 g/mol. The van der Waals surface area contributed by atoms with Crippen LogP contribution in [0.2, 0.25) is 0 Å². The highest BCUT2D eigenvalue weighted by molar-refractivity contribution is 6.10. The van der Waals surface area contributed by atoms with Gasteiger partial charge in [0, 0.05) is 35.7 Å². The first kappa shape index (κ1) is 13.9. The number of rotatable bonds is 3. The summed E-state index contributed by atoms with van der Waals surface area (Å²) >= 11 is 0. The Hall–Kier alpha value is -2.74. The van der Waals surface area contributed by atoms with Crippen molar-refractivity contribution >= 4 is 27.5 Å². The maximum absolute atomic E-state index is 2.36. The Morgan fingerprint density at radius 1 is 0.783 bits per heavy atom. The second-order valence-corrected chi connectivity index (χ2v) is 5.90. The third-order valence-electron chi connectivity index (χ3n) is 4.59. The monoisotopic (exact) mass is 300 g/mol. The van der Waals surface area contributed by atoms with Gasteiger partial charge in [0.15, 0.2) is 0 Å². The molecule has 0 amide bonds. The van der Waals surface area contributed by atoms with Crippen molar-refractivity contribution < 1.29 is 0 Å². The lowest BCUT2D eigenvalue weighted by atomic mass is 10.1. The quantitative estimate of drug-likeness (QED) is 0.502. The zero-order valence-corrected chi connectivity index (χ0v) is 13.5. The molecule has 0 aliphatic rings. The van der Waals surface area contributed by atoms with Gasteiger partial charge in [-0.3, -0.25) is 0 Å². The van der Waals surface area contributed by atoms with E-state index in [4.69, 9.17) is 0 Å². The van der Waals surface area contributed by atoms with E-state index in [1.165, 1.54) is 33.2 Å². The van der Waals surface area contributed by atoms with Crippen LogP contribution in [0.5, 0.6) is 0 Å². The fourth-order valence-electron chi connectivity index (χ4n) is 3.23. The molecule has 114 valence electrons. The third kappa shape index (κ3) is 2.18. The summed E-state index contributed by atoms with van der Waals surface area (Å²) in [6.45, 7) is 3.17. The summed E-state index contributed by atoms with van der Waals surface area (Å²) < 4.78 is 2.36. The summed E-state index contributed by atoms with van der Waals surface area (Å²) in [6.07, 6.45) is 0. The molecule has 0 saturated heterocycles. The van der Waals surface area contributed by atoms with Crippen LogP contribution in [-0.4, -0.2) is 18.2 Å². The van der Waals surface area contributed by atoms with Crippen molar-refractivity contribution in [2.24, 2.45) is 0 Å². The van der Waals surface area contributed by atoms with E-state index in [0.29, 0.717) is 0 Å². The highest BCUT2D eigenvalue weighted by Crippen LogP contribution is 2.33. The molecule has 0 saturated carbocycles. The zero-order chi connectivity index (χ0) is 15.8. The van der Waals surface area contributed by atoms with E-state index in [0.717, 1.165) is 6.54 Å². The minimum Gasteiger partial charge on any atom is -0.375 e. The van der Waals surface area contributed by atoms with Crippen molar-refractivity contribution in [1.29, 1.82) is 0 Å². The number of benzene rings is 3. The largest absolute Gasteiger partial charge is 0.375 e. The van der Waals surface area contributed by atoms with Gasteiger partial charge in [0.2, 0.25) is 0 Å². The molecule has 2 nitrogen and oxygen atoms in total. The Labute approximate surface area is 136 Å². The molecule has 0 spiro atoms. The number of hydrogen-bond donors (Lipinski definition) is 0. The van der Waals surface area contributed by atoms with E-state index in [9.17, 15) is 0 Å². The topological polar surface area (TPSA) is 8.17 Å². The maximum Gasteiger partial charge on any atom is 0.0561 e. The molecular formula is C21H20N2. The van der Waals surface area contributed by atoms with Crippen LogP contribution in [0.3, 0.4) is 0 Å². The van der Waals surface area contributed by atoms with E-state index >= 15 is 0 Å². The van der Waals surface area contributed by atoms with Gasteiger partial charge in [0.1, 0.15) is 0 Å². The van der Waals surface area contributed by atoms with Crippen LogP contribution in [0.15, 0.2) is 72.8 Å². The summed E-state index contributed by atoms with van der Waals surface area (Å²) in [7, 11) is 2.14. The van der Waals surface area contributed by atoms with Gasteiger partial charge in [0.05, 0.1) is 11.0 Å². The molecule has 0 atom stereocenters. The molecule has 0 radical (unpaired) electrons. The molecule has 0 fully saturated rings. The van der Waals surface area contributed by atoms with Crippen molar-refractivity contribution in [3.05, 3.63) is 72.8 Å². The standard InChI is InChI=1S/C21H20N2/c1-3-22(2)17-13-14-19-18-11-7-8-12-20(18)23(21(19)15-17)16-9-5-4-6-10-16/h4-15H,3H2,1-2H3. The molecule has 3 aromatic carbocycles. The van der Waals surface area contributed by atoms with E-state index in [1.807, 2.05) is 0 Å². The lowest BCUT2D eigenvalue weighted by Gasteiger charge is -2.17. The predicted molar refractivity (Wildman–Crippen MR) is 99.7 cm³/mol. The lowest BCUT2D eigenvalue weighted by Crippen LogP contribution is -2.15. The van der Waals surface area contributed by atoms with Gasteiger partial charge in [-0.25, -0.2) is 0 Å². The van der Waals surface area contributed by atoms with Crippen LogP contribution >= 0.6 is 0 Å². The Bertz CT molecular complexity index is 967. The fourth-order valence-corrected chi connectivity index (χ4v) is 3.23. The first-order chi connectivity index (χ1) is 11.3. The van der Waals surface area contributed by atoms with Gasteiger partial charge >= 0.3 is 0 Å². The Morgan fingerprint density at radius 3 is 2.26 bits per heavy atom. The van der Waals surface area contributed by atoms with E-state index in [1.54, 1.807) is 0 Å². The summed E-state index contributed by atoms with van der Waals surface area (Å²) in [4.78, 5) is 2.27. The molecule has 2 heteroatoms. The Morgan fingerprint density at radius 2 is 1.48 bits per heavy atom. The third-order valence-corrected chi connectivity index (χ3v) is 4.59. The Balaban J connectivity index is 2.11. The van der Waals surface area contributed by atoms with E-state index in [2.05, 4.69) is 96.2 Å². The highest BCUT2D eigenvalue weighted by Gasteiger charge is 2.12. The van der Waals surface area contributed by atoms with Crippen LogP contribution in [0.25, 0.3) is 27.5 Å². The smallest absolute Gasteiger partial charge is 0.0561 e. The number of fused-ring (bicyclic) bond motifs is 3. The van der Waals surface area contributed by atoms with Crippen LogP contribution in [0.1, 0.15) is 6.92 Å². The first-order valence-corrected chi connectivity index (χ1v) is 8.09. The van der Waals surface area contributed by atoms with Crippen molar-refractivity contribution in [3.8, 4) is 5.69 Å². The van der Waals surface area contributed by atoms with Crippen LogP contribution in [0, 0.1) is 0 Å². The van der Waals surface area contributed by atoms with Crippen molar-refractivity contribution in [1.82, 2.24) is 4.57 Å². The zero-order valence-electron chi connectivity index (χ0n) is 13.5. The Kier molecular flexibility index (Phi) is 3.30. The number of anilines is 1. The molecule has 0 aliphatic heterocycles. The van der Waals surface area contributed by atoms with Gasteiger partial charge in [0.25, 0.3) is 0 Å². The van der Waals surface area contributed by atoms with E-state index in [-0.39, 0.29) is 0 Å². The molecule has 23 heavy (non-hydrogen) atoms. The van der Waals surface area contributed by atoms with Crippen molar-refractivity contribution in [3.63, 3.8) is 0 Å². The van der Waals surface area contributed by atoms with Gasteiger partial charge < -0.3 is 9.47 Å². The number of hydrogen-bond acceptors (Lipinski definition) is 1. The maximum atomic E-state index is 2.36. The van der Waals surface area contributed by atoms with Gasteiger partial charge in [-0.1, -0.05) is 42.5 Å². The van der Waals surface area contributed by atoms with Crippen LogP contribution in [-0.2, 0) is 0 Å². The minimum atomic E-state index is 0.997. The normalized spacial score (nSPS) is 11.2. The van der Waals surface area contributed by atoms with E-state index < -0.39 is 0 Å². The fraction of sp³-hybridized carbons (Fsp3) is 0.143. The highest BCUT2D eigenvalue weighted by atomic mass is 15.1. The van der Waals surface area contributed by atoms with Crippen LogP contribution in [0.4, 0.5) is 5.69 Å². The molecule has 4 aromatic rings. The molecule has 1 heterocycles. The SMILES string of the molecule is CCN(C)c1ccc2c3ccccc3n(-c3ccccc3)c2c1. The summed E-state index contributed by atoms with van der Waals surface area (Å²) in [6, 6.07) is 26.0. The summed E-state index contributed by atoms with van der Waals surface area (Å²) in [5.41, 5.74) is 4.97. The molecule has 1 aromatic heterocycles. The number of nitrogens with zero attached hydrogens (tertiary/aromatic N) is 2. The second-order valence-electron chi connectivity index (χ2n) is 5.90. The minimum absolute atomic E-state index is 0.997. The van der Waals surface area contributed by atoms with Gasteiger partial charge in [-0.15, -0.1) is 0 Å². The number of para-hydroxylation sites is 2. The van der Waals surface area contributed by atoms with Crippen LogP contribution < -0.4 is 4.90 Å². The molecule has 0 bridgehead atoms. The second kappa shape index (κ2) is 5.47.